The number of carbonyl (C=O) groups excluding carboxylic acids is 1. The molecule has 7 heteroatoms. The topological polar surface area (TPSA) is 75.7 Å². The number of aryl methyl sites for hydroxylation is 2. The van der Waals surface area contributed by atoms with Crippen molar-refractivity contribution in [3.8, 4) is 5.75 Å². The Morgan fingerprint density at radius 3 is 2.53 bits per heavy atom. The highest BCUT2D eigenvalue weighted by Crippen LogP contribution is 2.30. The molecule has 1 atom stereocenters. The molecule has 0 saturated carbocycles. The first-order valence-corrected chi connectivity index (χ1v) is 13.2. The summed E-state index contributed by atoms with van der Waals surface area (Å²) in [6.45, 7) is 2.28. The molecule has 1 aliphatic carbocycles. The molecule has 1 aliphatic rings. The van der Waals surface area contributed by atoms with Crippen LogP contribution in [0.2, 0.25) is 0 Å². The molecule has 0 saturated heterocycles. The molecule has 0 radical (unpaired) electrons. The number of hydrogen-bond acceptors (Lipinski definition) is 4. The summed E-state index contributed by atoms with van der Waals surface area (Å²) in [5.74, 6) is 0.420. The summed E-state index contributed by atoms with van der Waals surface area (Å²) in [4.78, 5) is 12.7. The number of benzene rings is 2. The van der Waals surface area contributed by atoms with Crippen molar-refractivity contribution in [2.24, 2.45) is 0 Å². The molecule has 32 heavy (non-hydrogen) atoms. The second-order valence-electron chi connectivity index (χ2n) is 8.37. The molecular weight excluding hydrogens is 424 g/mol. The van der Waals surface area contributed by atoms with Gasteiger partial charge in [-0.1, -0.05) is 37.3 Å². The SMILES string of the molecule is CC[C@@H](NC(=O)CCCN(c1ccccc1OC)S(C)(=O)=O)c1ccc2c(c1)CCCC2. The number of nitrogens with zero attached hydrogens (tertiary/aromatic N) is 1. The first kappa shape index (κ1) is 24.1. The number of ether oxygens (including phenoxy) is 1. The molecule has 1 amide bonds. The van der Waals surface area contributed by atoms with Gasteiger partial charge in [0.1, 0.15) is 5.75 Å². The van der Waals surface area contributed by atoms with E-state index in [1.807, 2.05) is 0 Å². The second kappa shape index (κ2) is 10.9. The number of methoxy groups -OCH3 is 1. The number of nitrogens with one attached hydrogen (secondary N) is 1. The molecule has 3 rings (SSSR count). The summed E-state index contributed by atoms with van der Waals surface area (Å²) in [6.07, 6.45) is 7.37. The molecule has 174 valence electrons. The van der Waals surface area contributed by atoms with Gasteiger partial charge in [-0.15, -0.1) is 0 Å². The van der Waals surface area contributed by atoms with E-state index in [2.05, 4.69) is 30.4 Å². The van der Waals surface area contributed by atoms with Gasteiger partial charge in [-0.2, -0.15) is 0 Å². The Kier molecular flexibility index (Phi) is 8.18. The predicted octanol–water partition coefficient (Wildman–Crippen LogP) is 4.39. The maximum atomic E-state index is 12.7. The van der Waals surface area contributed by atoms with Crippen molar-refractivity contribution in [3.05, 3.63) is 59.2 Å². The van der Waals surface area contributed by atoms with Gasteiger partial charge in [-0.25, -0.2) is 8.42 Å². The third kappa shape index (κ3) is 6.03. The summed E-state index contributed by atoms with van der Waals surface area (Å²) in [5.41, 5.74) is 4.46. The molecule has 2 aromatic rings. The molecule has 0 heterocycles. The van der Waals surface area contributed by atoms with E-state index in [1.54, 1.807) is 24.3 Å². The van der Waals surface area contributed by atoms with Crippen LogP contribution in [0.15, 0.2) is 42.5 Å². The van der Waals surface area contributed by atoms with Crippen molar-refractivity contribution in [1.29, 1.82) is 0 Å². The first-order valence-electron chi connectivity index (χ1n) is 11.3. The quantitative estimate of drug-likeness (QED) is 0.573. The summed E-state index contributed by atoms with van der Waals surface area (Å²) >= 11 is 0. The van der Waals surface area contributed by atoms with E-state index < -0.39 is 10.0 Å². The van der Waals surface area contributed by atoms with Crippen LogP contribution in [0.1, 0.15) is 61.8 Å². The van der Waals surface area contributed by atoms with Gasteiger partial charge in [0.2, 0.25) is 15.9 Å². The van der Waals surface area contributed by atoms with Crippen molar-refractivity contribution in [2.75, 3.05) is 24.2 Å². The van der Waals surface area contributed by atoms with Gasteiger partial charge in [0, 0.05) is 13.0 Å². The van der Waals surface area contributed by atoms with Crippen LogP contribution in [-0.2, 0) is 27.7 Å². The van der Waals surface area contributed by atoms with E-state index in [9.17, 15) is 13.2 Å². The fourth-order valence-electron chi connectivity index (χ4n) is 4.34. The summed E-state index contributed by atoms with van der Waals surface area (Å²) < 4.78 is 31.4. The van der Waals surface area contributed by atoms with E-state index in [0.717, 1.165) is 24.8 Å². The van der Waals surface area contributed by atoms with Gasteiger partial charge in [0.25, 0.3) is 0 Å². The number of anilines is 1. The van der Waals surface area contributed by atoms with Crippen LogP contribution in [0.5, 0.6) is 5.75 Å². The van der Waals surface area contributed by atoms with E-state index in [1.165, 1.54) is 41.6 Å². The Bertz CT molecular complexity index is 1040. The summed E-state index contributed by atoms with van der Waals surface area (Å²) in [7, 11) is -1.99. The van der Waals surface area contributed by atoms with Crippen LogP contribution in [0.4, 0.5) is 5.69 Å². The average molecular weight is 459 g/mol. The number of rotatable bonds is 10. The van der Waals surface area contributed by atoms with Gasteiger partial charge in [0.05, 0.1) is 25.1 Å². The minimum Gasteiger partial charge on any atom is -0.495 e. The van der Waals surface area contributed by atoms with Crippen molar-refractivity contribution in [2.45, 2.75) is 57.9 Å². The monoisotopic (exact) mass is 458 g/mol. The molecule has 0 spiro atoms. The van der Waals surface area contributed by atoms with Gasteiger partial charge < -0.3 is 10.1 Å². The molecule has 0 aliphatic heterocycles. The maximum Gasteiger partial charge on any atom is 0.232 e. The molecule has 0 unspecified atom stereocenters. The highest BCUT2D eigenvalue weighted by atomic mass is 32.2. The van der Waals surface area contributed by atoms with Crippen LogP contribution >= 0.6 is 0 Å². The largest absolute Gasteiger partial charge is 0.495 e. The Labute approximate surface area is 192 Å². The first-order chi connectivity index (χ1) is 15.3. The lowest BCUT2D eigenvalue weighted by molar-refractivity contribution is -0.121. The number of fused-ring (bicyclic) bond motifs is 1. The average Bonchev–Trinajstić information content (AvgIpc) is 2.79. The zero-order valence-corrected chi connectivity index (χ0v) is 20.1. The molecule has 6 nitrogen and oxygen atoms in total. The van der Waals surface area contributed by atoms with E-state index in [-0.39, 0.29) is 24.9 Å². The highest BCUT2D eigenvalue weighted by Gasteiger charge is 2.21. The van der Waals surface area contributed by atoms with Crippen LogP contribution in [0, 0.1) is 0 Å². The van der Waals surface area contributed by atoms with Crippen LogP contribution in [0.3, 0.4) is 0 Å². The van der Waals surface area contributed by atoms with E-state index >= 15 is 0 Å². The minimum absolute atomic E-state index is 0.0324. The molecular formula is C25H34N2O4S. The van der Waals surface area contributed by atoms with E-state index in [0.29, 0.717) is 17.9 Å². The zero-order valence-electron chi connectivity index (χ0n) is 19.3. The van der Waals surface area contributed by atoms with Gasteiger partial charge in [0.15, 0.2) is 0 Å². The lowest BCUT2D eigenvalue weighted by atomic mass is 9.89. The fraction of sp³-hybridized carbons (Fsp3) is 0.480. The summed E-state index contributed by atoms with van der Waals surface area (Å²) in [5, 5.41) is 3.13. The molecule has 2 aromatic carbocycles. The lowest BCUT2D eigenvalue weighted by Crippen LogP contribution is -2.33. The zero-order chi connectivity index (χ0) is 23.1. The van der Waals surface area contributed by atoms with Gasteiger partial charge in [-0.3, -0.25) is 9.10 Å². The molecule has 1 N–H and O–H groups in total. The molecule has 0 fully saturated rings. The molecule has 0 bridgehead atoms. The van der Waals surface area contributed by atoms with Crippen molar-refractivity contribution in [1.82, 2.24) is 5.32 Å². The van der Waals surface area contributed by atoms with Gasteiger partial charge >= 0.3 is 0 Å². The van der Waals surface area contributed by atoms with Crippen molar-refractivity contribution in [3.63, 3.8) is 0 Å². The third-order valence-corrected chi connectivity index (χ3v) is 7.22. The Balaban J connectivity index is 1.61. The predicted molar refractivity (Wildman–Crippen MR) is 129 cm³/mol. The van der Waals surface area contributed by atoms with Crippen LogP contribution in [0.25, 0.3) is 0 Å². The Morgan fingerprint density at radius 2 is 1.84 bits per heavy atom. The lowest BCUT2D eigenvalue weighted by Gasteiger charge is -2.24. The third-order valence-electron chi connectivity index (χ3n) is 6.04. The summed E-state index contributed by atoms with van der Waals surface area (Å²) in [6, 6.07) is 13.6. The number of amides is 1. The Hall–Kier alpha value is -2.54. The van der Waals surface area contributed by atoms with Crippen molar-refractivity contribution >= 4 is 21.6 Å². The number of para-hydroxylation sites is 2. The van der Waals surface area contributed by atoms with Gasteiger partial charge in [-0.05, 0) is 67.3 Å². The van der Waals surface area contributed by atoms with Crippen LogP contribution in [-0.4, -0.2) is 34.2 Å². The number of sulfonamides is 1. The standard InChI is InChI=1S/C25H34N2O4S/c1-4-22(21-16-15-19-10-5-6-11-20(19)18-21)26-25(28)14-9-17-27(32(3,29)30)23-12-7-8-13-24(23)31-2/h7-8,12-13,15-16,18,22H,4-6,9-11,14,17H2,1-3H3,(H,26,28)/t22-/m1/s1. The number of carbonyl (C=O) groups is 1. The fourth-order valence-corrected chi connectivity index (χ4v) is 5.31. The number of hydrogen-bond donors (Lipinski definition) is 1. The van der Waals surface area contributed by atoms with Crippen molar-refractivity contribution < 1.29 is 17.9 Å². The normalized spacial score (nSPS) is 14.3. The Morgan fingerprint density at radius 1 is 1.12 bits per heavy atom. The minimum atomic E-state index is -3.51. The molecule has 0 aromatic heterocycles. The highest BCUT2D eigenvalue weighted by molar-refractivity contribution is 7.92. The van der Waals surface area contributed by atoms with Crippen LogP contribution < -0.4 is 14.4 Å². The smallest absolute Gasteiger partial charge is 0.232 e. The van der Waals surface area contributed by atoms with E-state index in [4.69, 9.17) is 4.74 Å². The second-order valence-corrected chi connectivity index (χ2v) is 10.3. The maximum absolute atomic E-state index is 12.7.